The molecular weight excluding hydrogens is 346 g/mol. The van der Waals surface area contributed by atoms with Crippen LogP contribution in [0.4, 0.5) is 0 Å². The van der Waals surface area contributed by atoms with Crippen molar-refractivity contribution in [1.82, 2.24) is 4.90 Å². The summed E-state index contributed by atoms with van der Waals surface area (Å²) in [5.41, 5.74) is -2.45. The molecular formula is C21H33NO5. The summed E-state index contributed by atoms with van der Waals surface area (Å²) >= 11 is 0. The number of rotatable bonds is 3. The molecule has 6 heteroatoms. The van der Waals surface area contributed by atoms with Gasteiger partial charge in [-0.15, -0.1) is 0 Å². The molecule has 0 aromatic heterocycles. The van der Waals surface area contributed by atoms with E-state index in [0.29, 0.717) is 26.0 Å². The number of carboxylic acids is 1. The summed E-state index contributed by atoms with van der Waals surface area (Å²) in [4.78, 5) is 40.5. The van der Waals surface area contributed by atoms with Crippen LogP contribution >= 0.6 is 0 Å². The summed E-state index contributed by atoms with van der Waals surface area (Å²) in [5.74, 6) is -2.21. The minimum Gasteiger partial charge on any atom is -0.481 e. The van der Waals surface area contributed by atoms with Gasteiger partial charge in [-0.2, -0.15) is 0 Å². The average Bonchev–Trinajstić information content (AvgIpc) is 3.01. The Morgan fingerprint density at radius 1 is 1.22 bits per heavy atom. The van der Waals surface area contributed by atoms with Crippen molar-refractivity contribution in [3.63, 3.8) is 0 Å². The summed E-state index contributed by atoms with van der Waals surface area (Å²) in [6, 6.07) is -0.387. The number of fused-ring (bicyclic) bond motifs is 2. The van der Waals surface area contributed by atoms with Gasteiger partial charge in [-0.05, 0) is 36.5 Å². The zero-order valence-electron chi connectivity index (χ0n) is 17.4. The predicted octanol–water partition coefficient (Wildman–Crippen LogP) is 3.09. The van der Waals surface area contributed by atoms with Crippen LogP contribution in [0, 0.1) is 27.6 Å². The lowest BCUT2D eigenvalue weighted by molar-refractivity contribution is -0.194. The molecule has 2 aliphatic heterocycles. The molecule has 1 aliphatic carbocycles. The van der Waals surface area contributed by atoms with Crippen molar-refractivity contribution < 1.29 is 24.2 Å². The molecule has 0 radical (unpaired) electrons. The molecule has 3 rings (SSSR count). The Hall–Kier alpha value is -1.59. The summed E-state index contributed by atoms with van der Waals surface area (Å²) in [6.07, 6.45) is 2.66. The zero-order valence-corrected chi connectivity index (χ0v) is 17.4. The van der Waals surface area contributed by atoms with E-state index in [2.05, 4.69) is 6.92 Å². The van der Waals surface area contributed by atoms with E-state index in [0.717, 1.165) is 12.8 Å². The Balaban J connectivity index is 2.02. The molecule has 0 aromatic carbocycles. The number of carboxylic acid groups (broad SMARTS) is 1. The molecule has 2 bridgehead atoms. The van der Waals surface area contributed by atoms with Gasteiger partial charge in [-0.3, -0.25) is 14.4 Å². The Kier molecular flexibility index (Phi) is 4.44. The fourth-order valence-corrected chi connectivity index (χ4v) is 5.77. The highest BCUT2D eigenvalue weighted by molar-refractivity contribution is 6.05. The standard InChI is InChI=1S/C21H33NO5/c1-18(2,3)14(15(23)24)13-8-7-11-22(13)16(25)21-10-9-20(6,19(21,4)5)12-27-17(21)26/h13-14H,7-12H2,1-6H3,(H,23,24)/t13-,14?,20-,21?/m0/s1. The number of carbonyl (C=O) groups is 3. The number of esters is 1. The second-order valence-electron chi connectivity index (χ2n) is 10.6. The van der Waals surface area contributed by atoms with Gasteiger partial charge in [-0.25, -0.2) is 0 Å². The molecule has 2 unspecified atom stereocenters. The van der Waals surface area contributed by atoms with Crippen LogP contribution < -0.4 is 0 Å². The lowest BCUT2D eigenvalue weighted by atomic mass is 9.57. The maximum atomic E-state index is 13.8. The maximum absolute atomic E-state index is 13.8. The largest absolute Gasteiger partial charge is 0.481 e. The molecule has 1 amide bonds. The van der Waals surface area contributed by atoms with Crippen LogP contribution in [-0.4, -0.2) is 47.0 Å². The highest BCUT2D eigenvalue weighted by Gasteiger charge is 2.72. The summed E-state index contributed by atoms with van der Waals surface area (Å²) in [6.45, 7) is 12.6. The SMILES string of the molecule is CC(C)(C)C(C(=O)O)[C@@H]1CCCN1C(=O)C12CC[C@@](C)(COC1=O)C2(C)C. The maximum Gasteiger partial charge on any atom is 0.322 e. The molecule has 3 fully saturated rings. The van der Waals surface area contributed by atoms with Crippen molar-refractivity contribution in [2.45, 2.75) is 73.3 Å². The van der Waals surface area contributed by atoms with Gasteiger partial charge in [0.2, 0.25) is 5.91 Å². The van der Waals surface area contributed by atoms with Gasteiger partial charge in [0.15, 0.2) is 5.41 Å². The van der Waals surface area contributed by atoms with Crippen LogP contribution in [0.15, 0.2) is 0 Å². The predicted molar refractivity (Wildman–Crippen MR) is 99.8 cm³/mol. The van der Waals surface area contributed by atoms with E-state index in [1.165, 1.54) is 0 Å². The van der Waals surface area contributed by atoms with Crippen LogP contribution in [0.2, 0.25) is 0 Å². The van der Waals surface area contributed by atoms with E-state index in [4.69, 9.17) is 4.74 Å². The number of cyclic esters (lactones) is 1. The minimum atomic E-state index is -1.20. The van der Waals surface area contributed by atoms with Crippen LogP contribution in [0.3, 0.4) is 0 Å². The van der Waals surface area contributed by atoms with E-state index < -0.39 is 34.1 Å². The highest BCUT2D eigenvalue weighted by atomic mass is 16.5. The number of amides is 1. The Bertz CT molecular complexity index is 679. The molecule has 0 aromatic rings. The second kappa shape index (κ2) is 5.95. The third-order valence-corrected chi connectivity index (χ3v) is 8.01. The van der Waals surface area contributed by atoms with E-state index in [1.807, 2.05) is 34.6 Å². The Morgan fingerprint density at radius 2 is 1.85 bits per heavy atom. The van der Waals surface area contributed by atoms with E-state index in [-0.39, 0.29) is 17.4 Å². The average molecular weight is 379 g/mol. The number of hydrogen-bond donors (Lipinski definition) is 1. The van der Waals surface area contributed by atoms with Crippen molar-refractivity contribution >= 4 is 17.8 Å². The van der Waals surface area contributed by atoms with Crippen LogP contribution in [0.5, 0.6) is 0 Å². The number of carbonyl (C=O) groups excluding carboxylic acids is 2. The summed E-state index contributed by atoms with van der Waals surface area (Å²) in [7, 11) is 0. The normalized spacial score (nSPS) is 36.4. The first-order chi connectivity index (χ1) is 12.3. The minimum absolute atomic E-state index is 0.223. The van der Waals surface area contributed by atoms with E-state index in [9.17, 15) is 19.5 Å². The molecule has 2 heterocycles. The fraction of sp³-hybridized carbons (Fsp3) is 0.857. The number of ether oxygens (including phenoxy) is 1. The first kappa shape index (κ1) is 20.2. The number of likely N-dealkylation sites (tertiary alicyclic amines) is 1. The summed E-state index contributed by atoms with van der Waals surface area (Å²) in [5, 5.41) is 9.87. The number of aliphatic carboxylic acids is 1. The van der Waals surface area contributed by atoms with Gasteiger partial charge in [0.1, 0.15) is 0 Å². The first-order valence-corrected chi connectivity index (χ1v) is 10.0. The molecule has 2 saturated heterocycles. The summed E-state index contributed by atoms with van der Waals surface area (Å²) < 4.78 is 5.50. The number of hydrogen-bond acceptors (Lipinski definition) is 4. The first-order valence-electron chi connectivity index (χ1n) is 10.0. The van der Waals surface area contributed by atoms with Crippen molar-refractivity contribution in [3.8, 4) is 0 Å². The third kappa shape index (κ3) is 2.54. The highest BCUT2D eigenvalue weighted by Crippen LogP contribution is 2.66. The number of nitrogens with zero attached hydrogens (tertiary/aromatic N) is 1. The van der Waals surface area contributed by atoms with Crippen molar-refractivity contribution in [3.05, 3.63) is 0 Å². The second-order valence-corrected chi connectivity index (χ2v) is 10.6. The molecule has 1 N–H and O–H groups in total. The molecule has 27 heavy (non-hydrogen) atoms. The topological polar surface area (TPSA) is 83.9 Å². The van der Waals surface area contributed by atoms with Crippen LogP contribution in [0.25, 0.3) is 0 Å². The third-order valence-electron chi connectivity index (χ3n) is 8.01. The molecule has 3 aliphatic rings. The monoisotopic (exact) mass is 379 g/mol. The fourth-order valence-electron chi connectivity index (χ4n) is 5.77. The van der Waals surface area contributed by atoms with Crippen molar-refractivity contribution in [1.29, 1.82) is 0 Å². The van der Waals surface area contributed by atoms with Gasteiger partial charge in [0.25, 0.3) is 0 Å². The smallest absolute Gasteiger partial charge is 0.322 e. The van der Waals surface area contributed by atoms with E-state index in [1.54, 1.807) is 4.90 Å². The van der Waals surface area contributed by atoms with Gasteiger partial charge in [0, 0.05) is 18.0 Å². The van der Waals surface area contributed by atoms with Gasteiger partial charge in [-0.1, -0.05) is 41.5 Å². The Morgan fingerprint density at radius 3 is 2.41 bits per heavy atom. The lowest BCUT2D eigenvalue weighted by Crippen LogP contribution is -2.62. The van der Waals surface area contributed by atoms with Crippen molar-refractivity contribution in [2.24, 2.45) is 27.6 Å². The Labute approximate surface area is 161 Å². The molecule has 6 nitrogen and oxygen atoms in total. The van der Waals surface area contributed by atoms with Gasteiger partial charge < -0.3 is 14.7 Å². The van der Waals surface area contributed by atoms with Crippen LogP contribution in [-0.2, 0) is 19.1 Å². The van der Waals surface area contributed by atoms with Crippen molar-refractivity contribution in [2.75, 3.05) is 13.2 Å². The quantitative estimate of drug-likeness (QED) is 0.602. The van der Waals surface area contributed by atoms with E-state index >= 15 is 0 Å². The van der Waals surface area contributed by atoms with Crippen LogP contribution in [0.1, 0.15) is 67.2 Å². The van der Waals surface area contributed by atoms with Gasteiger partial charge >= 0.3 is 11.9 Å². The van der Waals surface area contributed by atoms with Gasteiger partial charge in [0.05, 0.1) is 12.5 Å². The molecule has 4 atom stereocenters. The zero-order chi connectivity index (χ0) is 20.4. The molecule has 0 spiro atoms. The lowest BCUT2D eigenvalue weighted by Gasteiger charge is -2.51. The molecule has 152 valence electrons. The molecule has 1 saturated carbocycles.